The second-order valence-electron chi connectivity index (χ2n) is 15.3. The van der Waals surface area contributed by atoms with Crippen molar-refractivity contribution in [3.8, 4) is 44.5 Å². The molecule has 0 aromatic heterocycles. The molecule has 0 saturated carbocycles. The van der Waals surface area contributed by atoms with Crippen molar-refractivity contribution in [2.24, 2.45) is 0 Å². The summed E-state index contributed by atoms with van der Waals surface area (Å²) >= 11 is 0. The maximum Gasteiger partial charge on any atom is 0.0713 e. The van der Waals surface area contributed by atoms with Crippen LogP contribution in [0, 0.1) is 0 Å². The molecule has 0 heterocycles. The summed E-state index contributed by atoms with van der Waals surface area (Å²) in [6.45, 7) is 0. The second-order valence-corrected chi connectivity index (χ2v) is 15.3. The number of rotatable bonds is 8. The molecule has 11 rings (SSSR count). The highest BCUT2D eigenvalue weighted by Crippen LogP contribution is 2.57. The fourth-order valence-corrected chi connectivity index (χ4v) is 9.38. The zero-order valence-electron chi connectivity index (χ0n) is 37.7. The number of hydrogen-bond donors (Lipinski definition) is 0. The van der Waals surface area contributed by atoms with E-state index in [1.54, 1.807) is 0 Å². The molecule has 0 spiro atoms. The van der Waals surface area contributed by atoms with E-state index in [-0.39, 0.29) is 29.7 Å². The molecular weight excluding hydrogens is 723 g/mol. The summed E-state index contributed by atoms with van der Waals surface area (Å²) in [6.07, 6.45) is 0. The van der Waals surface area contributed by atoms with Gasteiger partial charge in [-0.05, 0) is 109 Å². The molecule has 10 aromatic carbocycles. The predicted octanol–water partition coefficient (Wildman–Crippen LogP) is 15.7. The summed E-state index contributed by atoms with van der Waals surface area (Å²) in [5, 5.41) is 2.17. The maximum atomic E-state index is 8.65. The number of fused-ring (bicyclic) bond motifs is 4. The van der Waals surface area contributed by atoms with Crippen LogP contribution in [0.15, 0.2) is 249 Å². The van der Waals surface area contributed by atoms with Crippen molar-refractivity contribution in [1.29, 1.82) is 0 Å². The maximum absolute atomic E-state index is 8.65. The van der Waals surface area contributed by atoms with Crippen molar-refractivity contribution in [2.75, 3.05) is 4.90 Å². The Morgan fingerprint density at radius 3 is 1.50 bits per heavy atom. The largest absolute Gasteiger partial charge is 0.310 e. The van der Waals surface area contributed by atoms with Crippen LogP contribution < -0.4 is 4.90 Å². The Morgan fingerprint density at radius 2 is 0.833 bits per heavy atom. The molecule has 0 N–H and O–H groups in total. The summed E-state index contributed by atoms with van der Waals surface area (Å²) in [6, 6.07) is 75.6. The third-order valence-electron chi connectivity index (χ3n) is 12.1. The lowest BCUT2D eigenvalue weighted by molar-refractivity contribution is 0.769. The highest BCUT2D eigenvalue weighted by molar-refractivity contribution is 6.06. The molecule has 0 aliphatic heterocycles. The normalized spacial score (nSPS) is 13.6. The molecule has 1 heteroatoms. The minimum Gasteiger partial charge on any atom is -0.310 e. The van der Waals surface area contributed by atoms with Crippen molar-refractivity contribution in [3.05, 3.63) is 271 Å². The summed E-state index contributed by atoms with van der Waals surface area (Å²) in [5.41, 5.74) is 14.9. The number of nitrogens with zero attached hydrogens (tertiary/aromatic N) is 1. The summed E-state index contributed by atoms with van der Waals surface area (Å²) < 4.78 is 42.0. The molecule has 0 unspecified atom stereocenters. The van der Waals surface area contributed by atoms with Crippen LogP contribution in [0.25, 0.3) is 55.3 Å². The molecule has 0 radical (unpaired) electrons. The van der Waals surface area contributed by atoms with E-state index in [1.807, 2.05) is 42.5 Å². The zero-order chi connectivity index (χ0) is 44.2. The fraction of sp³-hybridized carbons (Fsp3) is 0.0169. The quantitative estimate of drug-likeness (QED) is 0.149. The molecule has 282 valence electrons. The van der Waals surface area contributed by atoms with Gasteiger partial charge in [0.2, 0.25) is 0 Å². The van der Waals surface area contributed by atoms with Crippen molar-refractivity contribution in [3.63, 3.8) is 0 Å². The van der Waals surface area contributed by atoms with E-state index < -0.39 is 11.5 Å². The molecule has 0 fully saturated rings. The van der Waals surface area contributed by atoms with Gasteiger partial charge >= 0.3 is 0 Å². The third kappa shape index (κ3) is 5.86. The molecule has 60 heavy (non-hydrogen) atoms. The van der Waals surface area contributed by atoms with E-state index in [0.29, 0.717) is 5.56 Å². The Kier molecular flexibility index (Phi) is 7.53. The molecular formula is C59H41N. The van der Waals surface area contributed by atoms with Crippen LogP contribution in [0.3, 0.4) is 0 Å². The first-order chi connectivity index (χ1) is 31.8. The SMILES string of the molecule is [2H]c1c([2H])c([2H])c(-c2ccc(N(c3ccc(-c4ccccc4)cc3)c3cccc4c(-c5ccc6c(c5)C(c5ccccc5)(c5ccccc5)c5ccccc5-6)cccc34)cc2)c([2H])c1[2H]. The minimum absolute atomic E-state index is 0.178. The molecule has 1 aliphatic carbocycles. The van der Waals surface area contributed by atoms with Gasteiger partial charge in [0.05, 0.1) is 18.0 Å². The number of anilines is 3. The Balaban J connectivity index is 1.09. The Hall–Kier alpha value is -7.74. The van der Waals surface area contributed by atoms with Gasteiger partial charge in [-0.15, -0.1) is 0 Å². The minimum atomic E-state index is -0.524. The van der Waals surface area contributed by atoms with Gasteiger partial charge in [0, 0.05) is 16.8 Å². The zero-order valence-corrected chi connectivity index (χ0v) is 32.7. The summed E-state index contributed by atoms with van der Waals surface area (Å²) in [5.74, 6) is 0. The third-order valence-corrected chi connectivity index (χ3v) is 12.1. The van der Waals surface area contributed by atoms with E-state index in [0.717, 1.165) is 50.1 Å². The average molecular weight is 769 g/mol. The monoisotopic (exact) mass is 768 g/mol. The van der Waals surface area contributed by atoms with Crippen molar-refractivity contribution < 1.29 is 6.85 Å². The van der Waals surface area contributed by atoms with Gasteiger partial charge in [-0.2, -0.15) is 0 Å². The van der Waals surface area contributed by atoms with Gasteiger partial charge < -0.3 is 4.90 Å². The van der Waals surface area contributed by atoms with Crippen LogP contribution in [-0.2, 0) is 5.41 Å². The van der Waals surface area contributed by atoms with Crippen LogP contribution in [0.2, 0.25) is 0 Å². The van der Waals surface area contributed by atoms with E-state index in [4.69, 9.17) is 6.85 Å². The van der Waals surface area contributed by atoms with Crippen molar-refractivity contribution in [2.45, 2.75) is 5.41 Å². The Labute approximate surface area is 359 Å². The average Bonchev–Trinajstić information content (AvgIpc) is 3.67. The lowest BCUT2D eigenvalue weighted by Crippen LogP contribution is -2.28. The predicted molar refractivity (Wildman–Crippen MR) is 252 cm³/mol. The van der Waals surface area contributed by atoms with Gasteiger partial charge in [-0.25, -0.2) is 0 Å². The molecule has 0 saturated heterocycles. The standard InChI is InChI=1S/C59H41N/c1-5-17-42(18-6-1)44-31-36-49(37-32-44)60(50-38-33-45(34-39-50)43-19-7-2-8-20-43)58-30-16-27-52-51(26-15-28-55(52)58)46-35-40-54-53-25-13-14-29-56(53)59(57(54)41-46,47-21-9-3-10-22-47)48-23-11-4-12-24-48/h1-41H/i1D,5D,6D,17D,18D. The first-order valence-electron chi connectivity index (χ1n) is 22.8. The van der Waals surface area contributed by atoms with E-state index in [1.165, 1.54) is 33.4 Å². The van der Waals surface area contributed by atoms with Gasteiger partial charge in [-0.1, -0.05) is 212 Å². The van der Waals surface area contributed by atoms with Gasteiger partial charge in [0.25, 0.3) is 0 Å². The van der Waals surface area contributed by atoms with Crippen LogP contribution in [-0.4, -0.2) is 0 Å². The van der Waals surface area contributed by atoms with Crippen molar-refractivity contribution in [1.82, 2.24) is 0 Å². The summed E-state index contributed by atoms with van der Waals surface area (Å²) in [7, 11) is 0. The first kappa shape index (κ1) is 30.4. The van der Waals surface area contributed by atoms with Gasteiger partial charge in [-0.3, -0.25) is 0 Å². The smallest absolute Gasteiger partial charge is 0.0713 e. The van der Waals surface area contributed by atoms with Gasteiger partial charge in [0.15, 0.2) is 0 Å². The van der Waals surface area contributed by atoms with Crippen molar-refractivity contribution >= 4 is 27.8 Å². The van der Waals surface area contributed by atoms with Crippen LogP contribution in [0.1, 0.15) is 29.1 Å². The van der Waals surface area contributed by atoms with Gasteiger partial charge in [0.1, 0.15) is 0 Å². The fourth-order valence-electron chi connectivity index (χ4n) is 9.38. The molecule has 0 amide bonds. The molecule has 1 nitrogen and oxygen atoms in total. The van der Waals surface area contributed by atoms with Crippen LogP contribution in [0.4, 0.5) is 17.1 Å². The number of hydrogen-bond acceptors (Lipinski definition) is 1. The van der Waals surface area contributed by atoms with E-state index >= 15 is 0 Å². The summed E-state index contributed by atoms with van der Waals surface area (Å²) in [4.78, 5) is 2.24. The van der Waals surface area contributed by atoms with Crippen LogP contribution in [0.5, 0.6) is 0 Å². The molecule has 1 aliphatic rings. The lowest BCUT2D eigenvalue weighted by atomic mass is 9.67. The van der Waals surface area contributed by atoms with E-state index in [2.05, 4.69) is 181 Å². The molecule has 10 aromatic rings. The Bertz CT molecular complexity index is 3340. The molecule has 0 atom stereocenters. The number of benzene rings is 10. The molecule has 0 bridgehead atoms. The second kappa shape index (κ2) is 14.9. The topological polar surface area (TPSA) is 3.24 Å². The first-order valence-corrected chi connectivity index (χ1v) is 20.3. The highest BCUT2D eigenvalue weighted by atomic mass is 15.1. The Morgan fingerprint density at radius 1 is 0.333 bits per heavy atom. The van der Waals surface area contributed by atoms with Crippen LogP contribution >= 0.6 is 0 Å². The van der Waals surface area contributed by atoms with E-state index in [9.17, 15) is 0 Å². The lowest BCUT2D eigenvalue weighted by Gasteiger charge is -2.34. The highest BCUT2D eigenvalue weighted by Gasteiger charge is 2.46.